The van der Waals surface area contributed by atoms with Gasteiger partial charge in [0.15, 0.2) is 0 Å². The zero-order valence-electron chi connectivity index (χ0n) is 9.06. The number of carbonyl (C=O) groups is 2. The average molecular weight is 250 g/mol. The monoisotopic (exact) mass is 250 g/mol. The molecule has 0 saturated heterocycles. The molecular formula is C12H10O4S. The maximum absolute atomic E-state index is 11.0. The van der Waals surface area contributed by atoms with Crippen molar-refractivity contribution in [3.05, 3.63) is 34.2 Å². The summed E-state index contributed by atoms with van der Waals surface area (Å²) < 4.78 is 0.869. The molecule has 0 amide bonds. The Morgan fingerprint density at radius 2 is 2.00 bits per heavy atom. The Balaban J connectivity index is 2.57. The summed E-state index contributed by atoms with van der Waals surface area (Å²) in [5.41, 5.74) is 1.38. The summed E-state index contributed by atoms with van der Waals surface area (Å²) in [6.07, 6.45) is -0.0480. The van der Waals surface area contributed by atoms with Gasteiger partial charge in [-0.3, -0.25) is 4.79 Å². The van der Waals surface area contributed by atoms with Crippen LogP contribution in [0.4, 0.5) is 0 Å². The zero-order valence-corrected chi connectivity index (χ0v) is 9.87. The predicted octanol–water partition coefficient (Wildman–Crippen LogP) is 2.54. The molecular weight excluding hydrogens is 240 g/mol. The molecule has 4 nitrogen and oxygen atoms in total. The molecule has 0 atom stereocenters. The quantitative estimate of drug-likeness (QED) is 0.877. The summed E-state index contributed by atoms with van der Waals surface area (Å²) in [6, 6.07) is 5.25. The highest BCUT2D eigenvalue weighted by molar-refractivity contribution is 7.21. The molecule has 88 valence electrons. The Morgan fingerprint density at radius 1 is 1.29 bits per heavy atom. The van der Waals surface area contributed by atoms with Crippen LogP contribution in [0.25, 0.3) is 10.1 Å². The smallest absolute Gasteiger partial charge is 0.346 e. The minimum absolute atomic E-state index is 0.0480. The molecule has 1 heterocycles. The highest BCUT2D eigenvalue weighted by atomic mass is 32.1. The lowest BCUT2D eigenvalue weighted by Crippen LogP contribution is -1.99. The molecule has 1 aromatic carbocycles. The molecule has 5 heteroatoms. The maximum Gasteiger partial charge on any atom is 0.346 e. The number of rotatable bonds is 3. The summed E-state index contributed by atoms with van der Waals surface area (Å²) >= 11 is 1.21. The number of aryl methyl sites for hydroxylation is 1. The third kappa shape index (κ3) is 2.14. The summed E-state index contributed by atoms with van der Waals surface area (Å²) in [4.78, 5) is 21.9. The molecule has 0 radical (unpaired) electrons. The van der Waals surface area contributed by atoms with Crippen molar-refractivity contribution in [3.63, 3.8) is 0 Å². The molecule has 1 aromatic heterocycles. The van der Waals surface area contributed by atoms with E-state index in [9.17, 15) is 9.59 Å². The van der Waals surface area contributed by atoms with Gasteiger partial charge < -0.3 is 10.2 Å². The minimum atomic E-state index is -0.941. The number of hydrogen-bond donors (Lipinski definition) is 2. The van der Waals surface area contributed by atoms with Gasteiger partial charge in [-0.1, -0.05) is 6.07 Å². The van der Waals surface area contributed by atoms with E-state index in [2.05, 4.69) is 0 Å². The van der Waals surface area contributed by atoms with Crippen LogP contribution in [-0.2, 0) is 11.2 Å². The molecule has 0 spiro atoms. The summed E-state index contributed by atoms with van der Waals surface area (Å²) in [6.45, 7) is 1.74. The maximum atomic E-state index is 11.0. The average Bonchev–Trinajstić information content (AvgIpc) is 2.56. The van der Waals surface area contributed by atoms with Crippen molar-refractivity contribution in [1.29, 1.82) is 0 Å². The molecule has 0 bridgehead atoms. The summed E-state index contributed by atoms with van der Waals surface area (Å²) in [5, 5.41) is 18.5. The number of fused-ring (bicyclic) bond motifs is 1. The van der Waals surface area contributed by atoms with Crippen molar-refractivity contribution in [1.82, 2.24) is 0 Å². The van der Waals surface area contributed by atoms with Gasteiger partial charge in [-0.2, -0.15) is 0 Å². The standard InChI is InChI=1S/C12H10O4S/c1-6-8-4-7(5-10(13)14)2-3-9(8)17-11(6)12(15)16/h2-4H,5H2,1H3,(H,13,14)(H,15,16). The van der Waals surface area contributed by atoms with Gasteiger partial charge in [-0.05, 0) is 35.6 Å². The molecule has 0 aliphatic rings. The second kappa shape index (κ2) is 4.18. The SMILES string of the molecule is Cc1c(C(=O)O)sc2ccc(CC(=O)O)cc12. The summed E-state index contributed by atoms with van der Waals surface area (Å²) in [5.74, 6) is -1.83. The first kappa shape index (κ1) is 11.6. The van der Waals surface area contributed by atoms with Gasteiger partial charge in [0.1, 0.15) is 4.88 Å². The Bertz CT molecular complexity index is 612. The lowest BCUT2D eigenvalue weighted by atomic mass is 10.1. The van der Waals surface area contributed by atoms with E-state index in [1.807, 2.05) is 0 Å². The molecule has 2 N–H and O–H groups in total. The van der Waals surface area contributed by atoms with Crippen LogP contribution in [0.2, 0.25) is 0 Å². The third-order valence-electron chi connectivity index (χ3n) is 2.55. The molecule has 2 rings (SSSR count). The van der Waals surface area contributed by atoms with Crippen molar-refractivity contribution in [2.24, 2.45) is 0 Å². The van der Waals surface area contributed by atoms with Gasteiger partial charge in [-0.15, -0.1) is 11.3 Å². The van der Waals surface area contributed by atoms with Gasteiger partial charge in [-0.25, -0.2) is 4.79 Å². The molecule has 0 aliphatic carbocycles. The van der Waals surface area contributed by atoms with Crippen molar-refractivity contribution < 1.29 is 19.8 Å². The van der Waals surface area contributed by atoms with E-state index in [0.717, 1.165) is 10.1 Å². The number of carboxylic acids is 2. The predicted molar refractivity (Wildman–Crippen MR) is 64.9 cm³/mol. The Labute approximate surface area is 101 Å². The van der Waals surface area contributed by atoms with E-state index in [1.54, 1.807) is 25.1 Å². The first-order chi connectivity index (χ1) is 7.99. The van der Waals surface area contributed by atoms with E-state index in [1.165, 1.54) is 11.3 Å². The van der Waals surface area contributed by atoms with Crippen LogP contribution >= 0.6 is 11.3 Å². The number of hydrogen-bond acceptors (Lipinski definition) is 3. The third-order valence-corrected chi connectivity index (χ3v) is 3.81. The van der Waals surface area contributed by atoms with E-state index >= 15 is 0 Å². The van der Waals surface area contributed by atoms with Crippen LogP contribution in [0.5, 0.6) is 0 Å². The van der Waals surface area contributed by atoms with Crippen LogP contribution in [-0.4, -0.2) is 22.2 Å². The number of carboxylic acid groups (broad SMARTS) is 2. The lowest BCUT2D eigenvalue weighted by Gasteiger charge is -1.98. The van der Waals surface area contributed by atoms with Crippen molar-refractivity contribution >= 4 is 33.4 Å². The topological polar surface area (TPSA) is 74.6 Å². The number of thiophene rings is 1. The normalized spacial score (nSPS) is 10.6. The van der Waals surface area contributed by atoms with Crippen molar-refractivity contribution in [2.45, 2.75) is 13.3 Å². The molecule has 17 heavy (non-hydrogen) atoms. The van der Waals surface area contributed by atoms with Gasteiger partial charge in [0.05, 0.1) is 6.42 Å². The number of aliphatic carboxylic acids is 1. The lowest BCUT2D eigenvalue weighted by molar-refractivity contribution is -0.136. The van der Waals surface area contributed by atoms with Gasteiger partial charge >= 0.3 is 11.9 Å². The van der Waals surface area contributed by atoms with Gasteiger partial charge in [0.25, 0.3) is 0 Å². The molecule has 0 saturated carbocycles. The van der Waals surface area contributed by atoms with Crippen LogP contribution in [0.15, 0.2) is 18.2 Å². The highest BCUT2D eigenvalue weighted by Gasteiger charge is 2.14. The van der Waals surface area contributed by atoms with Gasteiger partial charge in [0.2, 0.25) is 0 Å². The Kier molecular flexibility index (Phi) is 2.85. The fourth-order valence-corrected chi connectivity index (χ4v) is 2.78. The van der Waals surface area contributed by atoms with Crippen LogP contribution < -0.4 is 0 Å². The number of benzene rings is 1. The molecule has 0 aliphatic heterocycles. The molecule has 0 unspecified atom stereocenters. The highest BCUT2D eigenvalue weighted by Crippen LogP contribution is 2.31. The first-order valence-corrected chi connectivity index (χ1v) is 5.78. The number of aromatic carboxylic acids is 1. The zero-order chi connectivity index (χ0) is 12.6. The van der Waals surface area contributed by atoms with E-state index in [-0.39, 0.29) is 6.42 Å². The largest absolute Gasteiger partial charge is 0.481 e. The first-order valence-electron chi connectivity index (χ1n) is 4.96. The Morgan fingerprint density at radius 3 is 2.59 bits per heavy atom. The second-order valence-electron chi connectivity index (χ2n) is 3.76. The second-order valence-corrected chi connectivity index (χ2v) is 4.81. The van der Waals surface area contributed by atoms with Crippen LogP contribution in [0.1, 0.15) is 20.8 Å². The fourth-order valence-electron chi connectivity index (χ4n) is 1.76. The minimum Gasteiger partial charge on any atom is -0.481 e. The summed E-state index contributed by atoms with van der Waals surface area (Å²) in [7, 11) is 0. The molecule has 2 aromatic rings. The fraction of sp³-hybridized carbons (Fsp3) is 0.167. The van der Waals surface area contributed by atoms with E-state index < -0.39 is 11.9 Å². The van der Waals surface area contributed by atoms with Crippen molar-refractivity contribution in [2.75, 3.05) is 0 Å². The Hall–Kier alpha value is -1.88. The van der Waals surface area contributed by atoms with E-state index in [4.69, 9.17) is 10.2 Å². The van der Waals surface area contributed by atoms with Crippen LogP contribution in [0.3, 0.4) is 0 Å². The van der Waals surface area contributed by atoms with E-state index in [0.29, 0.717) is 16.0 Å². The van der Waals surface area contributed by atoms with Crippen LogP contribution in [0, 0.1) is 6.92 Å². The van der Waals surface area contributed by atoms with Gasteiger partial charge in [0, 0.05) is 4.70 Å². The van der Waals surface area contributed by atoms with Crippen molar-refractivity contribution in [3.8, 4) is 0 Å². The molecule has 0 fully saturated rings.